The van der Waals surface area contributed by atoms with Gasteiger partial charge in [0.15, 0.2) is 17.3 Å². The summed E-state index contributed by atoms with van der Waals surface area (Å²) in [7, 11) is 0. The maximum absolute atomic E-state index is 12.8. The number of amides is 2. The Hall–Kier alpha value is -3.28. The van der Waals surface area contributed by atoms with Crippen LogP contribution in [0.3, 0.4) is 0 Å². The summed E-state index contributed by atoms with van der Waals surface area (Å²) in [5, 5.41) is 2.95. The number of para-hydroxylation sites is 1. The zero-order chi connectivity index (χ0) is 18.3. The molecule has 1 atom stereocenters. The quantitative estimate of drug-likeness (QED) is 0.919. The van der Waals surface area contributed by atoms with E-state index in [0.717, 1.165) is 5.56 Å². The van der Waals surface area contributed by atoms with Crippen LogP contribution in [0.4, 0.5) is 10.5 Å². The van der Waals surface area contributed by atoms with Crippen molar-refractivity contribution in [1.29, 1.82) is 0 Å². The molecule has 0 saturated heterocycles. The number of hydrogen-bond donors (Lipinski definition) is 1. The first-order valence-electron chi connectivity index (χ1n) is 8.33. The molecule has 2 amide bonds. The minimum Gasteiger partial charge on any atom is -0.454 e. The number of anilines is 1. The van der Waals surface area contributed by atoms with E-state index in [9.17, 15) is 9.59 Å². The molecule has 132 valence electrons. The molecule has 6 heteroatoms. The molecule has 2 heterocycles. The number of ether oxygens (including phenoxy) is 2. The first-order valence-corrected chi connectivity index (χ1v) is 8.33. The highest BCUT2D eigenvalue weighted by molar-refractivity contribution is 6.04. The van der Waals surface area contributed by atoms with Gasteiger partial charge in [0.05, 0.1) is 11.7 Å². The van der Waals surface area contributed by atoms with E-state index in [1.54, 1.807) is 13.0 Å². The second-order valence-electron chi connectivity index (χ2n) is 6.22. The minimum absolute atomic E-state index is 0.0916. The van der Waals surface area contributed by atoms with E-state index in [4.69, 9.17) is 9.47 Å². The average molecular weight is 350 g/mol. The van der Waals surface area contributed by atoms with Gasteiger partial charge < -0.3 is 14.8 Å². The van der Waals surface area contributed by atoms with Crippen LogP contribution in [0.15, 0.2) is 59.8 Å². The third-order valence-electron chi connectivity index (χ3n) is 4.61. The first kappa shape index (κ1) is 16.2. The number of allylic oxidation sites excluding steroid dienone is 1. The molecule has 0 saturated carbocycles. The van der Waals surface area contributed by atoms with Gasteiger partial charge in [0.2, 0.25) is 6.79 Å². The minimum atomic E-state index is -0.533. The van der Waals surface area contributed by atoms with Crippen molar-refractivity contribution in [2.24, 2.45) is 0 Å². The van der Waals surface area contributed by atoms with Gasteiger partial charge in [0.1, 0.15) is 0 Å². The zero-order valence-electron chi connectivity index (χ0n) is 14.5. The molecule has 0 aliphatic carbocycles. The lowest BCUT2D eigenvalue weighted by Crippen LogP contribution is -2.47. The molecule has 6 nitrogen and oxygen atoms in total. The number of Topliss-reactive ketones (excluding diaryl/α,β-unsaturated/α-hetero) is 1. The number of urea groups is 1. The second kappa shape index (κ2) is 6.22. The number of nitrogens with zero attached hydrogens (tertiary/aromatic N) is 1. The van der Waals surface area contributed by atoms with Gasteiger partial charge in [0, 0.05) is 11.3 Å². The van der Waals surface area contributed by atoms with Crippen LogP contribution in [0.2, 0.25) is 0 Å². The highest BCUT2D eigenvalue weighted by Crippen LogP contribution is 2.38. The van der Waals surface area contributed by atoms with E-state index < -0.39 is 6.04 Å². The van der Waals surface area contributed by atoms with Crippen molar-refractivity contribution in [3.63, 3.8) is 0 Å². The molecule has 1 N–H and O–H groups in total. The van der Waals surface area contributed by atoms with Gasteiger partial charge in [-0.3, -0.25) is 9.69 Å². The fourth-order valence-corrected chi connectivity index (χ4v) is 3.43. The highest BCUT2D eigenvalue weighted by atomic mass is 16.7. The molecule has 26 heavy (non-hydrogen) atoms. The van der Waals surface area contributed by atoms with Crippen molar-refractivity contribution in [3.05, 3.63) is 65.4 Å². The Bertz CT molecular complexity index is 921. The Balaban J connectivity index is 1.80. The largest absolute Gasteiger partial charge is 0.454 e. The predicted molar refractivity (Wildman–Crippen MR) is 96.1 cm³/mol. The Morgan fingerprint density at radius 2 is 1.85 bits per heavy atom. The average Bonchev–Trinajstić information content (AvgIpc) is 3.09. The number of rotatable bonds is 3. The van der Waals surface area contributed by atoms with Gasteiger partial charge in [0.25, 0.3) is 0 Å². The van der Waals surface area contributed by atoms with Gasteiger partial charge in [-0.05, 0) is 43.7 Å². The van der Waals surface area contributed by atoms with Crippen molar-refractivity contribution >= 4 is 17.5 Å². The van der Waals surface area contributed by atoms with Crippen LogP contribution in [0.1, 0.15) is 25.5 Å². The van der Waals surface area contributed by atoms with Crippen LogP contribution in [0.25, 0.3) is 0 Å². The van der Waals surface area contributed by atoms with Gasteiger partial charge >= 0.3 is 6.03 Å². The molecule has 0 radical (unpaired) electrons. The molecule has 2 aromatic rings. The second-order valence-corrected chi connectivity index (χ2v) is 6.22. The summed E-state index contributed by atoms with van der Waals surface area (Å²) in [5.41, 5.74) is 2.66. The van der Waals surface area contributed by atoms with Crippen LogP contribution in [0.5, 0.6) is 11.5 Å². The molecule has 0 unspecified atom stereocenters. The molecule has 4 rings (SSSR count). The summed E-state index contributed by atoms with van der Waals surface area (Å²) in [6, 6.07) is 13.9. The number of fused-ring (bicyclic) bond motifs is 1. The predicted octanol–water partition coefficient (Wildman–Crippen LogP) is 3.55. The molecule has 2 aliphatic heterocycles. The van der Waals surface area contributed by atoms with Crippen LogP contribution in [-0.4, -0.2) is 18.6 Å². The van der Waals surface area contributed by atoms with Gasteiger partial charge in [-0.15, -0.1) is 0 Å². The van der Waals surface area contributed by atoms with Crippen molar-refractivity contribution < 1.29 is 19.1 Å². The molecule has 0 spiro atoms. The number of ketones is 1. The molecule has 0 bridgehead atoms. The van der Waals surface area contributed by atoms with Crippen molar-refractivity contribution in [2.75, 3.05) is 11.7 Å². The third kappa shape index (κ3) is 2.60. The van der Waals surface area contributed by atoms with E-state index in [-0.39, 0.29) is 18.6 Å². The number of carbonyl (C=O) groups is 2. The summed E-state index contributed by atoms with van der Waals surface area (Å²) < 4.78 is 10.8. The number of benzene rings is 2. The Morgan fingerprint density at radius 1 is 1.12 bits per heavy atom. The number of hydrogen-bond acceptors (Lipinski definition) is 4. The highest BCUT2D eigenvalue weighted by Gasteiger charge is 2.35. The fraction of sp³-hybridized carbons (Fsp3) is 0.200. The van der Waals surface area contributed by atoms with E-state index in [0.29, 0.717) is 28.5 Å². The summed E-state index contributed by atoms with van der Waals surface area (Å²) in [4.78, 5) is 26.8. The lowest BCUT2D eigenvalue weighted by Gasteiger charge is -2.35. The maximum atomic E-state index is 12.8. The van der Waals surface area contributed by atoms with Crippen molar-refractivity contribution in [3.8, 4) is 11.5 Å². The fourth-order valence-electron chi connectivity index (χ4n) is 3.43. The van der Waals surface area contributed by atoms with Crippen LogP contribution >= 0.6 is 0 Å². The van der Waals surface area contributed by atoms with E-state index in [2.05, 4.69) is 5.32 Å². The smallest absolute Gasteiger partial charge is 0.326 e. The van der Waals surface area contributed by atoms with Crippen molar-refractivity contribution in [2.45, 2.75) is 19.9 Å². The molecular weight excluding hydrogens is 332 g/mol. The standard InChI is InChI=1S/C20H18N2O4/c1-12-18(13(2)23)19(14-8-9-16-17(10-14)26-11-25-16)21-20(24)22(12)15-6-4-3-5-7-15/h3-10,19H,11H2,1-2H3,(H,21,24)/t19-/m0/s1. The molecule has 0 aromatic heterocycles. The Labute approximate surface area is 151 Å². The Morgan fingerprint density at radius 3 is 2.58 bits per heavy atom. The van der Waals surface area contributed by atoms with Gasteiger partial charge in [-0.1, -0.05) is 24.3 Å². The van der Waals surface area contributed by atoms with Crippen molar-refractivity contribution in [1.82, 2.24) is 5.32 Å². The van der Waals surface area contributed by atoms with E-state index >= 15 is 0 Å². The monoisotopic (exact) mass is 350 g/mol. The van der Waals surface area contributed by atoms with Crippen LogP contribution < -0.4 is 19.7 Å². The lowest BCUT2D eigenvalue weighted by atomic mass is 9.92. The van der Waals surface area contributed by atoms with E-state index in [1.165, 1.54) is 11.8 Å². The molecular formula is C20H18N2O4. The van der Waals surface area contributed by atoms with Crippen LogP contribution in [0, 0.1) is 0 Å². The molecule has 2 aliphatic rings. The van der Waals surface area contributed by atoms with Crippen LogP contribution in [-0.2, 0) is 4.79 Å². The van der Waals surface area contributed by atoms with E-state index in [1.807, 2.05) is 42.5 Å². The Kier molecular flexibility index (Phi) is 3.88. The zero-order valence-corrected chi connectivity index (χ0v) is 14.5. The SMILES string of the molecule is CC(=O)C1=C(C)N(c2ccccc2)C(=O)N[C@H]1c1ccc2c(c1)OCO2. The number of nitrogens with one attached hydrogen (secondary N) is 1. The summed E-state index contributed by atoms with van der Waals surface area (Å²) in [5.74, 6) is 1.18. The van der Waals surface area contributed by atoms with Gasteiger partial charge in [-0.2, -0.15) is 0 Å². The number of carbonyl (C=O) groups excluding carboxylic acids is 2. The summed E-state index contributed by atoms with van der Waals surface area (Å²) >= 11 is 0. The molecule has 2 aromatic carbocycles. The summed E-state index contributed by atoms with van der Waals surface area (Å²) in [6.45, 7) is 3.48. The summed E-state index contributed by atoms with van der Waals surface area (Å²) in [6.07, 6.45) is 0. The van der Waals surface area contributed by atoms with Gasteiger partial charge in [-0.25, -0.2) is 4.79 Å². The lowest BCUT2D eigenvalue weighted by molar-refractivity contribution is -0.114. The molecule has 0 fully saturated rings. The normalized spacial score (nSPS) is 18.8. The third-order valence-corrected chi connectivity index (χ3v) is 4.61. The first-order chi connectivity index (χ1) is 12.6. The topological polar surface area (TPSA) is 67.9 Å². The maximum Gasteiger partial charge on any atom is 0.326 e.